The molecule has 0 aliphatic heterocycles. The van der Waals surface area contributed by atoms with Crippen LogP contribution in [0.15, 0.2) is 47.4 Å². The molecule has 0 saturated carbocycles. The molecular weight excluding hydrogens is 382 g/mol. The van der Waals surface area contributed by atoms with Crippen molar-refractivity contribution in [3.63, 3.8) is 0 Å². The van der Waals surface area contributed by atoms with Crippen LogP contribution in [0, 0.1) is 9.39 Å². The van der Waals surface area contributed by atoms with Gasteiger partial charge in [0, 0.05) is 14.9 Å². The van der Waals surface area contributed by atoms with E-state index in [4.69, 9.17) is 5.73 Å². The average Bonchev–Trinajstić information content (AvgIpc) is 2.31. The van der Waals surface area contributed by atoms with Crippen molar-refractivity contribution < 1.29 is 12.8 Å². The fourth-order valence-electron chi connectivity index (χ4n) is 1.47. The second kappa shape index (κ2) is 5.33. The Hall–Kier alpha value is -1.35. The highest BCUT2D eigenvalue weighted by Gasteiger charge is 2.15. The van der Waals surface area contributed by atoms with E-state index in [1.165, 1.54) is 6.07 Å². The van der Waals surface area contributed by atoms with Crippen LogP contribution in [0.25, 0.3) is 0 Å². The second-order valence-corrected chi connectivity index (χ2v) is 6.76. The normalized spacial score (nSPS) is 11.3. The maximum absolute atomic E-state index is 13.2. The molecule has 2 aromatic carbocycles. The molecule has 19 heavy (non-hydrogen) atoms. The van der Waals surface area contributed by atoms with Crippen molar-refractivity contribution >= 4 is 44.0 Å². The van der Waals surface area contributed by atoms with Gasteiger partial charge in [-0.1, -0.05) is 0 Å². The van der Waals surface area contributed by atoms with Gasteiger partial charge in [-0.25, -0.2) is 12.8 Å². The van der Waals surface area contributed by atoms with Crippen molar-refractivity contribution in [1.29, 1.82) is 0 Å². The zero-order valence-corrected chi connectivity index (χ0v) is 12.6. The number of hydrogen-bond acceptors (Lipinski definition) is 3. The molecule has 0 spiro atoms. The Kier molecular flexibility index (Phi) is 3.95. The van der Waals surface area contributed by atoms with Gasteiger partial charge in [0.2, 0.25) is 0 Å². The molecule has 0 atom stereocenters. The number of nitrogens with one attached hydrogen (secondary N) is 1. The van der Waals surface area contributed by atoms with E-state index in [2.05, 4.69) is 27.3 Å². The lowest BCUT2D eigenvalue weighted by atomic mass is 10.3. The third-order valence-electron chi connectivity index (χ3n) is 2.30. The maximum Gasteiger partial charge on any atom is 0.262 e. The number of rotatable bonds is 3. The van der Waals surface area contributed by atoms with Crippen molar-refractivity contribution in [3.8, 4) is 0 Å². The lowest BCUT2D eigenvalue weighted by molar-refractivity contribution is 0.595. The largest absolute Gasteiger partial charge is 0.399 e. The topological polar surface area (TPSA) is 72.2 Å². The highest BCUT2D eigenvalue weighted by molar-refractivity contribution is 14.1. The van der Waals surface area contributed by atoms with Crippen LogP contribution in [-0.4, -0.2) is 8.42 Å². The SMILES string of the molecule is Nc1cc(F)cc(S(=O)(=O)Nc2ccc(I)cc2)c1. The number of anilines is 2. The molecule has 0 aliphatic carbocycles. The van der Waals surface area contributed by atoms with E-state index in [1.54, 1.807) is 24.3 Å². The minimum Gasteiger partial charge on any atom is -0.399 e. The molecule has 0 heterocycles. The van der Waals surface area contributed by atoms with Gasteiger partial charge < -0.3 is 5.73 Å². The van der Waals surface area contributed by atoms with Crippen LogP contribution in [0.4, 0.5) is 15.8 Å². The molecule has 0 saturated heterocycles. The first kappa shape index (κ1) is 14.1. The van der Waals surface area contributed by atoms with Gasteiger partial charge in [0.15, 0.2) is 0 Å². The van der Waals surface area contributed by atoms with E-state index in [1.807, 2.05) is 0 Å². The summed E-state index contributed by atoms with van der Waals surface area (Å²) in [6.45, 7) is 0. The van der Waals surface area contributed by atoms with Gasteiger partial charge in [0.1, 0.15) is 5.82 Å². The number of hydrogen-bond donors (Lipinski definition) is 2. The van der Waals surface area contributed by atoms with E-state index in [0.717, 1.165) is 15.7 Å². The first-order valence-corrected chi connectivity index (χ1v) is 7.77. The third kappa shape index (κ3) is 3.57. The first-order chi connectivity index (χ1) is 8.87. The molecule has 0 aliphatic rings. The fourth-order valence-corrected chi connectivity index (χ4v) is 2.95. The minimum absolute atomic E-state index is 0.0583. The Balaban J connectivity index is 2.34. The second-order valence-electron chi connectivity index (χ2n) is 3.83. The monoisotopic (exact) mass is 392 g/mol. The van der Waals surface area contributed by atoms with Crippen LogP contribution in [0.1, 0.15) is 0 Å². The molecule has 0 radical (unpaired) electrons. The summed E-state index contributed by atoms with van der Waals surface area (Å²) in [4.78, 5) is -0.205. The van der Waals surface area contributed by atoms with Crippen LogP contribution < -0.4 is 10.5 Å². The summed E-state index contributed by atoms with van der Waals surface area (Å²) in [6, 6.07) is 9.97. The predicted octanol–water partition coefficient (Wildman–Crippen LogP) is 2.81. The molecule has 2 rings (SSSR count). The van der Waals surface area contributed by atoms with Crippen LogP contribution in [0.2, 0.25) is 0 Å². The van der Waals surface area contributed by atoms with Crippen molar-refractivity contribution in [2.24, 2.45) is 0 Å². The number of halogens is 2. The van der Waals surface area contributed by atoms with Crippen LogP contribution in [0.3, 0.4) is 0 Å². The van der Waals surface area contributed by atoms with E-state index < -0.39 is 15.8 Å². The Morgan fingerprint density at radius 3 is 2.32 bits per heavy atom. The summed E-state index contributed by atoms with van der Waals surface area (Å²) < 4.78 is 40.6. The van der Waals surface area contributed by atoms with Gasteiger partial charge in [-0.2, -0.15) is 0 Å². The van der Waals surface area contributed by atoms with E-state index in [-0.39, 0.29) is 10.6 Å². The lowest BCUT2D eigenvalue weighted by Gasteiger charge is -2.09. The Bertz CT molecular complexity index is 682. The molecule has 0 fully saturated rings. The quantitative estimate of drug-likeness (QED) is 0.624. The molecule has 100 valence electrons. The van der Waals surface area contributed by atoms with Gasteiger partial charge in [0.05, 0.1) is 4.90 Å². The summed E-state index contributed by atoms with van der Waals surface area (Å²) >= 11 is 2.11. The van der Waals surface area contributed by atoms with E-state index >= 15 is 0 Å². The maximum atomic E-state index is 13.2. The van der Waals surface area contributed by atoms with Gasteiger partial charge in [-0.15, -0.1) is 0 Å². The highest BCUT2D eigenvalue weighted by Crippen LogP contribution is 2.20. The lowest BCUT2D eigenvalue weighted by Crippen LogP contribution is -2.13. The zero-order valence-electron chi connectivity index (χ0n) is 9.60. The number of nitrogen functional groups attached to an aromatic ring is 1. The standard InChI is InChI=1S/C12H10FIN2O2S/c13-8-5-10(15)7-12(6-8)19(17,18)16-11-3-1-9(14)2-4-11/h1-7,16H,15H2. The van der Waals surface area contributed by atoms with Gasteiger partial charge >= 0.3 is 0 Å². The van der Waals surface area contributed by atoms with Crippen molar-refractivity contribution in [2.75, 3.05) is 10.5 Å². The molecule has 4 nitrogen and oxygen atoms in total. The van der Waals surface area contributed by atoms with Crippen LogP contribution in [0.5, 0.6) is 0 Å². The Morgan fingerprint density at radius 1 is 1.11 bits per heavy atom. The number of benzene rings is 2. The Labute approximate surface area is 124 Å². The van der Waals surface area contributed by atoms with E-state index in [9.17, 15) is 12.8 Å². The van der Waals surface area contributed by atoms with E-state index in [0.29, 0.717) is 5.69 Å². The van der Waals surface area contributed by atoms with Crippen molar-refractivity contribution in [2.45, 2.75) is 4.90 Å². The third-order valence-corrected chi connectivity index (χ3v) is 4.38. The van der Waals surface area contributed by atoms with Crippen molar-refractivity contribution in [3.05, 3.63) is 51.9 Å². The van der Waals surface area contributed by atoms with Crippen LogP contribution >= 0.6 is 22.6 Å². The van der Waals surface area contributed by atoms with Crippen LogP contribution in [-0.2, 0) is 10.0 Å². The summed E-state index contributed by atoms with van der Waals surface area (Å²) in [5.41, 5.74) is 5.90. The Morgan fingerprint density at radius 2 is 1.74 bits per heavy atom. The molecule has 0 aromatic heterocycles. The van der Waals surface area contributed by atoms with Gasteiger partial charge in [-0.3, -0.25) is 4.72 Å². The summed E-state index contributed by atoms with van der Waals surface area (Å²) in [6.07, 6.45) is 0. The molecule has 3 N–H and O–H groups in total. The molecule has 2 aromatic rings. The van der Waals surface area contributed by atoms with Gasteiger partial charge in [-0.05, 0) is 65.1 Å². The average molecular weight is 392 g/mol. The molecule has 0 amide bonds. The molecular formula is C12H10FIN2O2S. The van der Waals surface area contributed by atoms with Crippen molar-refractivity contribution in [1.82, 2.24) is 0 Å². The summed E-state index contributed by atoms with van der Waals surface area (Å²) in [5.74, 6) is -0.692. The fraction of sp³-hybridized carbons (Fsp3) is 0. The first-order valence-electron chi connectivity index (χ1n) is 5.21. The molecule has 7 heteroatoms. The smallest absolute Gasteiger partial charge is 0.262 e. The number of nitrogens with two attached hydrogens (primary N) is 1. The summed E-state index contributed by atoms with van der Waals surface area (Å²) in [7, 11) is -3.84. The molecule has 0 bridgehead atoms. The zero-order chi connectivity index (χ0) is 14.0. The number of sulfonamides is 1. The minimum atomic E-state index is -3.84. The highest BCUT2D eigenvalue weighted by atomic mass is 127. The molecule has 0 unspecified atom stereocenters. The summed E-state index contributed by atoms with van der Waals surface area (Å²) in [5, 5.41) is 0. The van der Waals surface area contributed by atoms with Gasteiger partial charge in [0.25, 0.3) is 10.0 Å². The predicted molar refractivity (Wildman–Crippen MR) is 80.8 cm³/mol.